The van der Waals surface area contributed by atoms with Gasteiger partial charge in [-0.2, -0.15) is 0 Å². The molecule has 14 heavy (non-hydrogen) atoms. The first-order chi connectivity index (χ1) is 6.70. The number of hydrogen-bond donors (Lipinski definition) is 1. The molecule has 0 radical (unpaired) electrons. The van der Waals surface area contributed by atoms with Gasteiger partial charge in [-0.05, 0) is 30.5 Å². The van der Waals surface area contributed by atoms with Gasteiger partial charge in [0.25, 0.3) is 0 Å². The van der Waals surface area contributed by atoms with Crippen molar-refractivity contribution in [3.8, 4) is 0 Å². The first kappa shape index (κ1) is 9.44. The Morgan fingerprint density at radius 3 is 2.86 bits per heavy atom. The number of hydrogen-bond acceptors (Lipinski definition) is 2. The Kier molecular flexibility index (Phi) is 2.40. The molecule has 0 saturated heterocycles. The molecule has 1 heterocycles. The highest BCUT2D eigenvalue weighted by Crippen LogP contribution is 2.22. The second-order valence-corrected chi connectivity index (χ2v) is 3.72. The van der Waals surface area contributed by atoms with Crippen molar-refractivity contribution in [1.82, 2.24) is 4.98 Å². The molecule has 0 unspecified atom stereocenters. The zero-order chi connectivity index (χ0) is 10.1. The Morgan fingerprint density at radius 2 is 2.14 bits per heavy atom. The molecule has 1 aromatic carbocycles. The van der Waals surface area contributed by atoms with E-state index in [1.165, 1.54) is 0 Å². The van der Waals surface area contributed by atoms with E-state index >= 15 is 0 Å². The number of pyridine rings is 1. The Balaban J connectivity index is 2.81. The van der Waals surface area contributed by atoms with Gasteiger partial charge in [0, 0.05) is 22.6 Å². The quantitative estimate of drug-likeness (QED) is 0.779. The van der Waals surface area contributed by atoms with Crippen molar-refractivity contribution in [3.63, 3.8) is 0 Å². The minimum Gasteiger partial charge on any atom is -0.325 e. The first-order valence-electron chi connectivity index (χ1n) is 4.46. The summed E-state index contributed by atoms with van der Waals surface area (Å²) in [5, 5.41) is 2.91. The van der Waals surface area contributed by atoms with E-state index in [1.54, 1.807) is 0 Å². The van der Waals surface area contributed by atoms with E-state index in [1.807, 2.05) is 31.2 Å². The summed E-state index contributed by atoms with van der Waals surface area (Å²) in [6.07, 6.45) is 0. The molecule has 0 spiro atoms. The molecule has 0 amide bonds. The molecule has 0 aliphatic rings. The number of aryl methyl sites for hydroxylation is 1. The van der Waals surface area contributed by atoms with Gasteiger partial charge in [0.1, 0.15) is 0 Å². The molecular weight excluding hydrogens is 196 g/mol. The molecule has 2 aromatic rings. The molecule has 0 aliphatic heterocycles. The minimum absolute atomic E-state index is 0.443. The van der Waals surface area contributed by atoms with Gasteiger partial charge in [-0.1, -0.05) is 17.7 Å². The molecule has 0 fully saturated rings. The van der Waals surface area contributed by atoms with Crippen LogP contribution in [0.1, 0.15) is 11.4 Å². The molecule has 1 aromatic heterocycles. The maximum atomic E-state index is 5.92. The highest BCUT2D eigenvalue weighted by molar-refractivity contribution is 6.31. The Hall–Kier alpha value is -1.12. The van der Waals surface area contributed by atoms with Crippen LogP contribution in [0.2, 0.25) is 5.02 Å². The van der Waals surface area contributed by atoms with Gasteiger partial charge >= 0.3 is 0 Å². The lowest BCUT2D eigenvalue weighted by atomic mass is 10.1. The van der Waals surface area contributed by atoms with Crippen LogP contribution in [0.3, 0.4) is 0 Å². The third-order valence-electron chi connectivity index (χ3n) is 2.20. The maximum Gasteiger partial charge on any atom is 0.0621 e. The summed E-state index contributed by atoms with van der Waals surface area (Å²) in [7, 11) is 0. The largest absolute Gasteiger partial charge is 0.325 e. The van der Waals surface area contributed by atoms with Gasteiger partial charge < -0.3 is 5.73 Å². The van der Waals surface area contributed by atoms with E-state index in [-0.39, 0.29) is 0 Å². The average Bonchev–Trinajstić information content (AvgIpc) is 2.17. The van der Waals surface area contributed by atoms with Crippen LogP contribution in [-0.2, 0) is 6.54 Å². The number of benzene rings is 1. The Bertz CT molecular complexity index is 480. The lowest BCUT2D eigenvalue weighted by molar-refractivity contribution is 0.988. The first-order valence-corrected chi connectivity index (χ1v) is 4.84. The molecule has 2 N–H and O–H groups in total. The Morgan fingerprint density at radius 1 is 1.36 bits per heavy atom. The second kappa shape index (κ2) is 3.56. The van der Waals surface area contributed by atoms with Crippen molar-refractivity contribution in [2.24, 2.45) is 5.73 Å². The van der Waals surface area contributed by atoms with Crippen LogP contribution in [0.4, 0.5) is 0 Å². The predicted molar refractivity (Wildman–Crippen MR) is 59.4 cm³/mol. The lowest BCUT2D eigenvalue weighted by Gasteiger charge is -2.05. The van der Waals surface area contributed by atoms with Crippen LogP contribution in [0.15, 0.2) is 24.3 Å². The smallest absolute Gasteiger partial charge is 0.0621 e. The van der Waals surface area contributed by atoms with E-state index < -0.39 is 0 Å². The van der Waals surface area contributed by atoms with E-state index in [0.717, 1.165) is 27.2 Å². The fourth-order valence-corrected chi connectivity index (χ4v) is 1.76. The molecule has 72 valence electrons. The van der Waals surface area contributed by atoms with E-state index in [0.29, 0.717) is 6.54 Å². The second-order valence-electron chi connectivity index (χ2n) is 3.28. The number of halogens is 1. The van der Waals surface area contributed by atoms with E-state index in [4.69, 9.17) is 17.3 Å². The van der Waals surface area contributed by atoms with Crippen LogP contribution in [0.5, 0.6) is 0 Å². The fourth-order valence-electron chi connectivity index (χ4n) is 1.59. The lowest BCUT2D eigenvalue weighted by Crippen LogP contribution is -2.01. The van der Waals surface area contributed by atoms with E-state index in [2.05, 4.69) is 4.98 Å². The van der Waals surface area contributed by atoms with Gasteiger partial charge in [-0.15, -0.1) is 0 Å². The zero-order valence-corrected chi connectivity index (χ0v) is 8.67. The van der Waals surface area contributed by atoms with Crippen LogP contribution < -0.4 is 5.73 Å². The minimum atomic E-state index is 0.443. The van der Waals surface area contributed by atoms with Gasteiger partial charge in [-0.3, -0.25) is 4.98 Å². The van der Waals surface area contributed by atoms with Crippen molar-refractivity contribution >= 4 is 22.4 Å². The molecule has 0 atom stereocenters. The average molecular weight is 207 g/mol. The molecule has 2 nitrogen and oxygen atoms in total. The highest BCUT2D eigenvalue weighted by Gasteiger charge is 2.02. The predicted octanol–water partition coefficient (Wildman–Crippen LogP) is 2.66. The molecule has 0 saturated carbocycles. The van der Waals surface area contributed by atoms with Crippen LogP contribution in [0.25, 0.3) is 10.8 Å². The zero-order valence-electron chi connectivity index (χ0n) is 7.92. The van der Waals surface area contributed by atoms with Crippen LogP contribution in [0, 0.1) is 6.92 Å². The number of fused-ring (bicyclic) bond motifs is 1. The number of nitrogens with zero attached hydrogens (tertiary/aromatic N) is 1. The maximum absolute atomic E-state index is 5.92. The van der Waals surface area contributed by atoms with Crippen molar-refractivity contribution in [2.75, 3.05) is 0 Å². The monoisotopic (exact) mass is 206 g/mol. The summed E-state index contributed by atoms with van der Waals surface area (Å²) < 4.78 is 0. The highest BCUT2D eigenvalue weighted by atomic mass is 35.5. The summed E-state index contributed by atoms with van der Waals surface area (Å²) in [4.78, 5) is 4.38. The van der Waals surface area contributed by atoms with Gasteiger partial charge in [0.05, 0.1) is 5.69 Å². The van der Waals surface area contributed by atoms with Crippen LogP contribution in [-0.4, -0.2) is 4.98 Å². The van der Waals surface area contributed by atoms with Crippen molar-refractivity contribution in [3.05, 3.63) is 40.7 Å². The molecule has 3 heteroatoms. The van der Waals surface area contributed by atoms with E-state index in [9.17, 15) is 0 Å². The molecule has 0 aliphatic carbocycles. The fraction of sp³-hybridized carbons (Fsp3) is 0.182. The number of aromatic nitrogens is 1. The third kappa shape index (κ3) is 1.59. The molecular formula is C11H11ClN2. The normalized spacial score (nSPS) is 10.8. The standard InChI is InChI=1S/C11H11ClN2/c1-7-4-8-2-3-9(12)5-10(8)11(6-13)14-7/h2-5H,6,13H2,1H3. The van der Waals surface area contributed by atoms with Gasteiger partial charge in [0.15, 0.2) is 0 Å². The summed E-state index contributed by atoms with van der Waals surface area (Å²) >= 11 is 5.92. The Labute approximate surface area is 87.7 Å². The topological polar surface area (TPSA) is 38.9 Å². The third-order valence-corrected chi connectivity index (χ3v) is 2.43. The summed E-state index contributed by atoms with van der Waals surface area (Å²) in [5.41, 5.74) is 7.52. The summed E-state index contributed by atoms with van der Waals surface area (Å²) in [6, 6.07) is 7.81. The van der Waals surface area contributed by atoms with Gasteiger partial charge in [-0.25, -0.2) is 0 Å². The van der Waals surface area contributed by atoms with Crippen LogP contribution >= 0.6 is 11.6 Å². The van der Waals surface area contributed by atoms with Gasteiger partial charge in [0.2, 0.25) is 0 Å². The number of nitrogens with two attached hydrogens (primary N) is 1. The molecule has 0 bridgehead atoms. The summed E-state index contributed by atoms with van der Waals surface area (Å²) in [6.45, 7) is 2.41. The SMILES string of the molecule is Cc1cc2ccc(Cl)cc2c(CN)n1. The van der Waals surface area contributed by atoms with Crippen molar-refractivity contribution in [1.29, 1.82) is 0 Å². The number of rotatable bonds is 1. The molecule has 2 rings (SSSR count). The summed E-state index contributed by atoms with van der Waals surface area (Å²) in [5.74, 6) is 0. The van der Waals surface area contributed by atoms with Crippen molar-refractivity contribution < 1.29 is 0 Å². The van der Waals surface area contributed by atoms with Crippen molar-refractivity contribution in [2.45, 2.75) is 13.5 Å².